The van der Waals surface area contributed by atoms with E-state index in [0.717, 1.165) is 5.56 Å². The molecule has 0 aliphatic rings. The van der Waals surface area contributed by atoms with Crippen molar-refractivity contribution in [1.82, 2.24) is 5.32 Å². The van der Waals surface area contributed by atoms with E-state index in [1.54, 1.807) is 18.2 Å². The molecule has 4 N–H and O–H groups in total. The van der Waals surface area contributed by atoms with Gasteiger partial charge >= 0.3 is 0 Å². The minimum Gasteiger partial charge on any atom is -0.468 e. The van der Waals surface area contributed by atoms with E-state index in [4.69, 9.17) is 26.2 Å². The van der Waals surface area contributed by atoms with E-state index in [1.165, 1.54) is 49.6 Å². The van der Waals surface area contributed by atoms with Gasteiger partial charge in [-0.05, 0) is 54.1 Å². The van der Waals surface area contributed by atoms with Crippen LogP contribution in [0, 0.1) is 0 Å². The van der Waals surface area contributed by atoms with Crippen LogP contribution in [0.2, 0.25) is 5.02 Å². The zero-order chi connectivity index (χ0) is 24.7. The van der Waals surface area contributed by atoms with Gasteiger partial charge in [-0.3, -0.25) is 9.59 Å². The molecule has 0 saturated heterocycles. The van der Waals surface area contributed by atoms with Crippen LogP contribution in [0.25, 0.3) is 0 Å². The Morgan fingerprint density at radius 3 is 2.47 bits per heavy atom. The Labute approximate surface area is 201 Å². The van der Waals surface area contributed by atoms with Crippen molar-refractivity contribution in [2.24, 2.45) is 5.14 Å². The Morgan fingerprint density at radius 1 is 1.00 bits per heavy atom. The van der Waals surface area contributed by atoms with E-state index >= 15 is 0 Å². The van der Waals surface area contributed by atoms with Crippen molar-refractivity contribution >= 4 is 39.1 Å². The van der Waals surface area contributed by atoms with E-state index in [9.17, 15) is 18.0 Å². The lowest BCUT2D eigenvalue weighted by Crippen LogP contribution is -2.23. The molecule has 0 heterocycles. The summed E-state index contributed by atoms with van der Waals surface area (Å²) in [6.07, 6.45) is 0. The molecule has 9 nitrogen and oxygen atoms in total. The number of benzene rings is 3. The number of methoxy groups -OCH3 is 1. The van der Waals surface area contributed by atoms with Gasteiger partial charge in [0.05, 0.1) is 15.5 Å². The number of carbonyl (C=O) groups excluding carboxylic acids is 2. The highest BCUT2D eigenvalue weighted by atomic mass is 35.5. The molecule has 0 aliphatic heterocycles. The number of halogens is 1. The molecule has 11 heteroatoms. The molecule has 0 fully saturated rings. The molecule has 0 aromatic heterocycles. The van der Waals surface area contributed by atoms with Crippen molar-refractivity contribution in [3.63, 3.8) is 0 Å². The summed E-state index contributed by atoms with van der Waals surface area (Å²) in [4.78, 5) is 25.0. The highest BCUT2D eigenvalue weighted by molar-refractivity contribution is 7.89. The van der Waals surface area contributed by atoms with Gasteiger partial charge in [-0.1, -0.05) is 29.8 Å². The molecule has 3 aromatic rings. The molecule has 3 rings (SSSR count). The molecule has 0 unspecified atom stereocenters. The van der Waals surface area contributed by atoms with Crippen LogP contribution in [0.4, 0.5) is 5.69 Å². The molecular weight excluding hydrogens is 482 g/mol. The van der Waals surface area contributed by atoms with Gasteiger partial charge in [-0.2, -0.15) is 0 Å². The molecule has 0 spiro atoms. The fourth-order valence-electron chi connectivity index (χ4n) is 2.95. The number of ether oxygens (including phenoxy) is 2. The number of rotatable bonds is 9. The molecular formula is C23H22ClN3O6S. The molecule has 0 radical (unpaired) electrons. The molecule has 0 aliphatic carbocycles. The van der Waals surface area contributed by atoms with Crippen LogP contribution >= 0.6 is 11.6 Å². The molecule has 2 amide bonds. The normalized spacial score (nSPS) is 11.0. The smallest absolute Gasteiger partial charge is 0.257 e. The maximum atomic E-state index is 12.6. The predicted molar refractivity (Wildman–Crippen MR) is 127 cm³/mol. The number of carbonyl (C=O) groups is 2. The summed E-state index contributed by atoms with van der Waals surface area (Å²) in [7, 11) is -2.39. The summed E-state index contributed by atoms with van der Waals surface area (Å²) in [5.41, 5.74) is 1.43. The second-order valence-corrected chi connectivity index (χ2v) is 9.07. The number of anilines is 1. The largest absolute Gasteiger partial charge is 0.468 e. The second kappa shape index (κ2) is 11.1. The number of primary sulfonamides is 1. The molecule has 0 atom stereocenters. The summed E-state index contributed by atoms with van der Waals surface area (Å²) in [5.74, 6) is -0.337. The van der Waals surface area contributed by atoms with Crippen LogP contribution in [0.15, 0.2) is 71.6 Å². The van der Waals surface area contributed by atoms with E-state index in [2.05, 4.69) is 10.6 Å². The molecule has 3 aromatic carbocycles. The first-order chi connectivity index (χ1) is 16.2. The number of amides is 2. The average molecular weight is 504 g/mol. The van der Waals surface area contributed by atoms with E-state index in [1.807, 2.05) is 6.07 Å². The second-order valence-electron chi connectivity index (χ2n) is 7.10. The average Bonchev–Trinajstić information content (AvgIpc) is 2.81. The molecule has 0 bridgehead atoms. The Morgan fingerprint density at radius 2 is 1.76 bits per heavy atom. The Kier molecular flexibility index (Phi) is 8.24. The van der Waals surface area contributed by atoms with Crippen molar-refractivity contribution in [3.8, 4) is 5.75 Å². The number of nitrogens with one attached hydrogen (secondary N) is 2. The third-order valence-corrected chi connectivity index (χ3v) is 5.82. The van der Waals surface area contributed by atoms with Gasteiger partial charge in [-0.15, -0.1) is 0 Å². The summed E-state index contributed by atoms with van der Waals surface area (Å²) >= 11 is 6.24. The third kappa shape index (κ3) is 6.78. The van der Waals surface area contributed by atoms with Gasteiger partial charge in [0.1, 0.15) is 5.75 Å². The summed E-state index contributed by atoms with van der Waals surface area (Å²) < 4.78 is 33.2. The zero-order valence-corrected chi connectivity index (χ0v) is 19.7. The summed E-state index contributed by atoms with van der Waals surface area (Å²) in [6.45, 7) is 0.370. The lowest BCUT2D eigenvalue weighted by molar-refractivity contribution is 0.0510. The SMILES string of the molecule is COCOc1cccc(CNC(=O)c2ccc(C(=O)Nc3cccc(S(N)(=O)=O)c3)c(Cl)c2)c1. The standard InChI is InChI=1S/C23H22ClN3O6S/c1-32-14-33-18-6-2-4-15(10-18)13-26-22(28)16-8-9-20(21(24)11-16)23(29)27-17-5-3-7-19(12-17)34(25,30)31/h2-12H,13-14H2,1H3,(H,26,28)(H,27,29)(H2,25,30,31). The number of hydrogen-bond acceptors (Lipinski definition) is 6. The van der Waals surface area contributed by atoms with Crippen molar-refractivity contribution < 1.29 is 27.5 Å². The van der Waals surface area contributed by atoms with Crippen LogP contribution in [0.5, 0.6) is 5.75 Å². The van der Waals surface area contributed by atoms with Crippen molar-refractivity contribution in [1.29, 1.82) is 0 Å². The minimum atomic E-state index is -3.92. The first-order valence-corrected chi connectivity index (χ1v) is 11.8. The molecule has 178 valence electrons. The van der Waals surface area contributed by atoms with Gasteiger partial charge in [-0.25, -0.2) is 13.6 Å². The highest BCUT2D eigenvalue weighted by Crippen LogP contribution is 2.21. The van der Waals surface area contributed by atoms with E-state index < -0.39 is 15.9 Å². The molecule has 0 saturated carbocycles. The Balaban J connectivity index is 1.65. The monoisotopic (exact) mass is 503 g/mol. The maximum Gasteiger partial charge on any atom is 0.257 e. The fourth-order valence-corrected chi connectivity index (χ4v) is 3.77. The van der Waals surface area contributed by atoms with Crippen LogP contribution in [0.1, 0.15) is 26.3 Å². The van der Waals surface area contributed by atoms with Crippen LogP contribution in [-0.4, -0.2) is 34.1 Å². The minimum absolute atomic E-state index is 0.0581. The van der Waals surface area contributed by atoms with Crippen molar-refractivity contribution in [3.05, 3.63) is 88.4 Å². The van der Waals surface area contributed by atoms with Crippen molar-refractivity contribution in [2.45, 2.75) is 11.4 Å². The van der Waals surface area contributed by atoms with E-state index in [-0.39, 0.29) is 46.0 Å². The number of sulfonamides is 1. The predicted octanol–water partition coefficient (Wildman–Crippen LogP) is 3.15. The van der Waals surface area contributed by atoms with Gasteiger partial charge in [0.25, 0.3) is 11.8 Å². The van der Waals surface area contributed by atoms with Crippen LogP contribution in [-0.2, 0) is 21.3 Å². The van der Waals surface area contributed by atoms with Gasteiger partial charge < -0.3 is 20.1 Å². The number of nitrogens with two attached hydrogens (primary N) is 1. The van der Waals surface area contributed by atoms with Gasteiger partial charge in [0.15, 0.2) is 6.79 Å². The van der Waals surface area contributed by atoms with Crippen molar-refractivity contribution in [2.75, 3.05) is 19.2 Å². The quantitative estimate of drug-likeness (QED) is 0.384. The van der Waals surface area contributed by atoms with Gasteiger partial charge in [0.2, 0.25) is 10.0 Å². The summed E-state index contributed by atoms with van der Waals surface area (Å²) in [5, 5.41) is 10.5. The van der Waals surface area contributed by atoms with E-state index in [0.29, 0.717) is 5.75 Å². The lowest BCUT2D eigenvalue weighted by Gasteiger charge is -2.10. The maximum absolute atomic E-state index is 12.6. The first kappa shape index (κ1) is 25.2. The first-order valence-electron chi connectivity index (χ1n) is 9.90. The highest BCUT2D eigenvalue weighted by Gasteiger charge is 2.15. The lowest BCUT2D eigenvalue weighted by atomic mass is 10.1. The zero-order valence-electron chi connectivity index (χ0n) is 18.1. The van der Waals surface area contributed by atoms with Crippen LogP contribution in [0.3, 0.4) is 0 Å². The van der Waals surface area contributed by atoms with Crippen LogP contribution < -0.4 is 20.5 Å². The topological polar surface area (TPSA) is 137 Å². The van der Waals surface area contributed by atoms with Gasteiger partial charge in [0, 0.05) is 24.9 Å². The molecule has 34 heavy (non-hydrogen) atoms. The number of hydrogen-bond donors (Lipinski definition) is 3. The fraction of sp³-hybridized carbons (Fsp3) is 0.130. The third-order valence-electron chi connectivity index (χ3n) is 4.59. The Bertz CT molecular complexity index is 1310. The summed E-state index contributed by atoms with van der Waals surface area (Å²) in [6, 6.07) is 17.0. The Hall–Kier alpha value is -3.44.